The molecule has 2 N–H and O–H groups in total. The van der Waals surface area contributed by atoms with Crippen LogP contribution >= 0.6 is 0 Å². The largest absolute Gasteiger partial charge is 0.322 e. The van der Waals surface area contributed by atoms with E-state index in [2.05, 4.69) is 0 Å². The summed E-state index contributed by atoms with van der Waals surface area (Å²) in [6.45, 7) is 1.76. The molecule has 0 aromatic carbocycles. The Morgan fingerprint density at radius 1 is 1.67 bits per heavy atom. The minimum atomic E-state index is -0.240. The van der Waals surface area contributed by atoms with Gasteiger partial charge in [0, 0.05) is 5.92 Å². The lowest BCUT2D eigenvalue weighted by atomic mass is 9.80. The zero-order chi connectivity index (χ0) is 6.85. The second-order valence-corrected chi connectivity index (χ2v) is 2.82. The number of rotatable bonds is 2. The van der Waals surface area contributed by atoms with E-state index in [-0.39, 0.29) is 11.8 Å². The van der Waals surface area contributed by atoms with Crippen LogP contribution in [0.1, 0.15) is 26.2 Å². The van der Waals surface area contributed by atoms with E-state index in [0.29, 0.717) is 5.92 Å². The predicted octanol–water partition coefficient (Wildman–Crippen LogP) is 0.703. The van der Waals surface area contributed by atoms with E-state index >= 15 is 0 Å². The van der Waals surface area contributed by atoms with Crippen LogP contribution in [-0.4, -0.2) is 11.8 Å². The molecular formula is C7H13NO. The van der Waals surface area contributed by atoms with Gasteiger partial charge in [0.1, 0.15) is 0 Å². The van der Waals surface area contributed by atoms with Crippen molar-refractivity contribution >= 4 is 5.78 Å². The van der Waals surface area contributed by atoms with Gasteiger partial charge in [0.2, 0.25) is 0 Å². The Balaban J connectivity index is 2.32. The number of hydrogen-bond acceptors (Lipinski definition) is 2. The second-order valence-electron chi connectivity index (χ2n) is 2.82. The maximum atomic E-state index is 11.0. The number of Topliss-reactive ketones (excluding diaryl/α,β-unsaturated/α-hetero) is 1. The highest BCUT2D eigenvalue weighted by Crippen LogP contribution is 2.27. The maximum Gasteiger partial charge on any atom is 0.152 e. The lowest BCUT2D eigenvalue weighted by Gasteiger charge is -2.25. The highest BCUT2D eigenvalue weighted by molar-refractivity contribution is 5.86. The first-order valence-electron chi connectivity index (χ1n) is 3.51. The fourth-order valence-electron chi connectivity index (χ4n) is 1.06. The molecule has 0 aromatic rings. The normalized spacial score (nSPS) is 22.9. The smallest absolute Gasteiger partial charge is 0.152 e. The molecule has 1 saturated carbocycles. The third kappa shape index (κ3) is 1.30. The Hall–Kier alpha value is -0.370. The fraction of sp³-hybridized carbons (Fsp3) is 0.857. The van der Waals surface area contributed by atoms with Crippen molar-refractivity contribution in [1.82, 2.24) is 0 Å². The summed E-state index contributed by atoms with van der Waals surface area (Å²) in [5, 5.41) is 0. The third-order valence-corrected chi connectivity index (χ3v) is 1.96. The summed E-state index contributed by atoms with van der Waals surface area (Å²) >= 11 is 0. The number of ketones is 1. The SMILES string of the molecule is C[C@H](N)C(=O)C1CCC1. The van der Waals surface area contributed by atoms with Crippen LogP contribution < -0.4 is 5.73 Å². The Morgan fingerprint density at radius 3 is 2.33 bits per heavy atom. The minimum absolute atomic E-state index is 0.240. The number of nitrogens with two attached hydrogens (primary N) is 1. The molecule has 1 aliphatic carbocycles. The zero-order valence-electron chi connectivity index (χ0n) is 5.76. The van der Waals surface area contributed by atoms with E-state index in [0.717, 1.165) is 12.8 Å². The Bertz CT molecular complexity index is 116. The first-order valence-corrected chi connectivity index (χ1v) is 3.51. The monoisotopic (exact) mass is 127 g/mol. The molecule has 0 bridgehead atoms. The van der Waals surface area contributed by atoms with Crippen LogP contribution in [0, 0.1) is 5.92 Å². The standard InChI is InChI=1S/C7H13NO/c1-5(8)7(9)6-3-2-4-6/h5-6H,2-4,8H2,1H3/t5-/m0/s1. The van der Waals surface area contributed by atoms with E-state index in [1.54, 1.807) is 6.92 Å². The van der Waals surface area contributed by atoms with Gasteiger partial charge >= 0.3 is 0 Å². The molecule has 0 amide bonds. The molecule has 0 aromatic heterocycles. The van der Waals surface area contributed by atoms with Crippen molar-refractivity contribution in [2.45, 2.75) is 32.2 Å². The van der Waals surface area contributed by atoms with Crippen molar-refractivity contribution in [2.75, 3.05) is 0 Å². The number of carbonyl (C=O) groups is 1. The van der Waals surface area contributed by atoms with Gasteiger partial charge in [-0.05, 0) is 19.8 Å². The highest BCUT2D eigenvalue weighted by Gasteiger charge is 2.26. The van der Waals surface area contributed by atoms with Gasteiger partial charge in [-0.2, -0.15) is 0 Å². The number of hydrogen-bond donors (Lipinski definition) is 1. The average molecular weight is 127 g/mol. The third-order valence-electron chi connectivity index (χ3n) is 1.96. The summed E-state index contributed by atoms with van der Waals surface area (Å²) in [6, 6.07) is -0.240. The predicted molar refractivity (Wildman–Crippen MR) is 36.0 cm³/mol. The van der Waals surface area contributed by atoms with E-state index in [9.17, 15) is 4.79 Å². The molecule has 2 heteroatoms. The summed E-state index contributed by atoms with van der Waals surface area (Å²) in [4.78, 5) is 11.0. The lowest BCUT2D eigenvalue weighted by Crippen LogP contribution is -2.35. The van der Waals surface area contributed by atoms with Crippen LogP contribution in [0.4, 0.5) is 0 Å². The zero-order valence-corrected chi connectivity index (χ0v) is 5.76. The first-order chi connectivity index (χ1) is 4.22. The minimum Gasteiger partial charge on any atom is -0.322 e. The summed E-state index contributed by atoms with van der Waals surface area (Å²) in [5.41, 5.74) is 5.40. The van der Waals surface area contributed by atoms with Gasteiger partial charge in [0.25, 0.3) is 0 Å². The van der Waals surface area contributed by atoms with E-state index in [1.807, 2.05) is 0 Å². The second kappa shape index (κ2) is 2.48. The van der Waals surface area contributed by atoms with Gasteiger partial charge in [0.05, 0.1) is 6.04 Å². The van der Waals surface area contributed by atoms with Crippen LogP contribution in [0.2, 0.25) is 0 Å². The first kappa shape index (κ1) is 6.75. The summed E-state index contributed by atoms with van der Waals surface area (Å²) in [6.07, 6.45) is 3.35. The molecule has 0 unspecified atom stereocenters. The Labute approximate surface area is 55.4 Å². The molecule has 1 rings (SSSR count). The van der Waals surface area contributed by atoms with Crippen molar-refractivity contribution in [3.05, 3.63) is 0 Å². The van der Waals surface area contributed by atoms with Gasteiger partial charge in [0.15, 0.2) is 5.78 Å². The van der Waals surface area contributed by atoms with Crippen molar-refractivity contribution in [3.63, 3.8) is 0 Å². The molecular weight excluding hydrogens is 114 g/mol. The molecule has 0 heterocycles. The average Bonchev–Trinajstić information content (AvgIpc) is 1.60. The molecule has 1 aliphatic rings. The topological polar surface area (TPSA) is 43.1 Å². The highest BCUT2D eigenvalue weighted by atomic mass is 16.1. The lowest BCUT2D eigenvalue weighted by molar-refractivity contribution is -0.126. The van der Waals surface area contributed by atoms with Crippen LogP contribution in [0.5, 0.6) is 0 Å². The van der Waals surface area contributed by atoms with Crippen LogP contribution in [0.3, 0.4) is 0 Å². The molecule has 0 radical (unpaired) electrons. The van der Waals surface area contributed by atoms with E-state index < -0.39 is 0 Å². The molecule has 1 fully saturated rings. The van der Waals surface area contributed by atoms with Crippen LogP contribution in [-0.2, 0) is 4.79 Å². The van der Waals surface area contributed by atoms with Gasteiger partial charge in [-0.15, -0.1) is 0 Å². The van der Waals surface area contributed by atoms with Crippen LogP contribution in [0.15, 0.2) is 0 Å². The van der Waals surface area contributed by atoms with Crippen LogP contribution in [0.25, 0.3) is 0 Å². The molecule has 1 atom stereocenters. The summed E-state index contributed by atoms with van der Waals surface area (Å²) < 4.78 is 0. The molecule has 0 spiro atoms. The summed E-state index contributed by atoms with van der Waals surface area (Å²) in [5.74, 6) is 0.561. The van der Waals surface area contributed by atoms with Gasteiger partial charge in [-0.1, -0.05) is 6.42 Å². The Kier molecular flexibility index (Phi) is 1.86. The van der Waals surface area contributed by atoms with Crippen molar-refractivity contribution in [1.29, 1.82) is 0 Å². The van der Waals surface area contributed by atoms with Gasteiger partial charge in [-0.3, -0.25) is 4.79 Å². The molecule has 2 nitrogen and oxygen atoms in total. The maximum absolute atomic E-state index is 11.0. The van der Waals surface area contributed by atoms with Crippen molar-refractivity contribution in [2.24, 2.45) is 11.7 Å². The van der Waals surface area contributed by atoms with Gasteiger partial charge < -0.3 is 5.73 Å². The van der Waals surface area contributed by atoms with E-state index in [4.69, 9.17) is 5.73 Å². The summed E-state index contributed by atoms with van der Waals surface area (Å²) in [7, 11) is 0. The van der Waals surface area contributed by atoms with Crippen molar-refractivity contribution in [3.8, 4) is 0 Å². The molecule has 52 valence electrons. The molecule has 9 heavy (non-hydrogen) atoms. The Morgan fingerprint density at radius 2 is 2.22 bits per heavy atom. The van der Waals surface area contributed by atoms with E-state index in [1.165, 1.54) is 6.42 Å². The van der Waals surface area contributed by atoms with Crippen molar-refractivity contribution < 1.29 is 4.79 Å². The fourth-order valence-corrected chi connectivity index (χ4v) is 1.06. The quantitative estimate of drug-likeness (QED) is 0.593. The van der Waals surface area contributed by atoms with Gasteiger partial charge in [-0.25, -0.2) is 0 Å². The number of carbonyl (C=O) groups excluding carboxylic acids is 1. The molecule has 0 saturated heterocycles. The molecule has 0 aliphatic heterocycles.